The van der Waals surface area contributed by atoms with Gasteiger partial charge < -0.3 is 23.5 Å². The fourth-order valence-corrected chi connectivity index (χ4v) is 2.38. The lowest BCUT2D eigenvalue weighted by atomic mass is 10.2. The smallest absolute Gasteiger partial charge is 0.354 e. The summed E-state index contributed by atoms with van der Waals surface area (Å²) in [6, 6.07) is 6.03. The summed E-state index contributed by atoms with van der Waals surface area (Å²) in [5.74, 6) is 1.17. The van der Waals surface area contributed by atoms with Crippen molar-refractivity contribution in [3.05, 3.63) is 17.8 Å². The lowest BCUT2D eigenvalue weighted by Gasteiger charge is -2.14. The summed E-state index contributed by atoms with van der Waals surface area (Å²) in [6.07, 6.45) is 0. The van der Waals surface area contributed by atoms with Gasteiger partial charge in [0.15, 0.2) is 23.6 Å². The van der Waals surface area contributed by atoms with E-state index >= 15 is 0 Å². The Balaban J connectivity index is 0.000000705. The third kappa shape index (κ3) is 3.93. The molecule has 8 heteroatoms. The second-order valence-electron chi connectivity index (χ2n) is 4.62. The maximum atomic E-state index is 12.0. The van der Waals surface area contributed by atoms with Crippen molar-refractivity contribution >= 4 is 16.9 Å². The zero-order valence-electron chi connectivity index (χ0n) is 14.7. The number of carbonyl (C=O) groups is 1. The molecule has 0 radical (unpaired) electrons. The fourth-order valence-electron chi connectivity index (χ4n) is 2.38. The number of rotatable bonds is 5. The molecule has 2 rings (SSSR count). The maximum absolute atomic E-state index is 12.0. The number of aryl methyl sites for hydroxylation is 1. The van der Waals surface area contributed by atoms with E-state index in [1.54, 1.807) is 52.0 Å². The summed E-state index contributed by atoms with van der Waals surface area (Å²) >= 11 is 0. The minimum Gasteiger partial charge on any atom is -0.493 e. The van der Waals surface area contributed by atoms with E-state index in [0.717, 1.165) is 10.9 Å². The molecule has 0 unspecified atom stereocenters. The van der Waals surface area contributed by atoms with Gasteiger partial charge in [0.1, 0.15) is 5.69 Å². The van der Waals surface area contributed by atoms with Crippen molar-refractivity contribution < 1.29 is 23.7 Å². The van der Waals surface area contributed by atoms with Gasteiger partial charge in [0.25, 0.3) is 0 Å². The van der Waals surface area contributed by atoms with Crippen LogP contribution in [-0.2, 0) is 11.8 Å². The highest BCUT2D eigenvalue weighted by molar-refractivity contribution is 5.99. The van der Waals surface area contributed by atoms with Crippen LogP contribution < -0.4 is 14.2 Å². The zero-order valence-corrected chi connectivity index (χ0v) is 14.7. The molecule has 2 aromatic rings. The summed E-state index contributed by atoms with van der Waals surface area (Å²) in [4.78, 5) is 12.0. The first-order valence-electron chi connectivity index (χ1n) is 7.24. The Morgan fingerprint density at radius 2 is 1.68 bits per heavy atom. The topological polar surface area (TPSA) is 106 Å². The van der Waals surface area contributed by atoms with Gasteiger partial charge in [-0.3, -0.25) is 0 Å². The van der Waals surface area contributed by atoms with Crippen LogP contribution >= 0.6 is 0 Å². The molecule has 0 amide bonds. The van der Waals surface area contributed by atoms with Gasteiger partial charge in [-0.2, -0.15) is 10.5 Å². The number of methoxy groups -OCH3 is 3. The van der Waals surface area contributed by atoms with Crippen molar-refractivity contribution in [2.24, 2.45) is 7.05 Å². The summed E-state index contributed by atoms with van der Waals surface area (Å²) < 4.78 is 22.9. The van der Waals surface area contributed by atoms with Crippen LogP contribution in [0.15, 0.2) is 12.1 Å². The zero-order chi connectivity index (χ0) is 19.0. The number of hydrogen-bond donors (Lipinski definition) is 0. The lowest BCUT2D eigenvalue weighted by Crippen LogP contribution is -2.09. The van der Waals surface area contributed by atoms with E-state index in [1.807, 2.05) is 0 Å². The minimum atomic E-state index is -0.379. The van der Waals surface area contributed by atoms with Gasteiger partial charge in [-0.25, -0.2) is 4.79 Å². The Morgan fingerprint density at radius 3 is 2.12 bits per heavy atom. The second-order valence-corrected chi connectivity index (χ2v) is 4.62. The van der Waals surface area contributed by atoms with E-state index in [0.29, 0.717) is 29.5 Å². The van der Waals surface area contributed by atoms with Crippen LogP contribution in [0.1, 0.15) is 17.4 Å². The van der Waals surface area contributed by atoms with Crippen molar-refractivity contribution in [2.75, 3.05) is 27.9 Å². The number of fused-ring (bicyclic) bond motifs is 1. The molecule has 0 fully saturated rings. The monoisotopic (exact) mass is 345 g/mol. The van der Waals surface area contributed by atoms with Crippen molar-refractivity contribution in [1.29, 1.82) is 10.5 Å². The molecule has 0 saturated heterocycles. The van der Waals surface area contributed by atoms with Crippen LogP contribution in [0.4, 0.5) is 0 Å². The minimum absolute atomic E-state index is 0.324. The molecule has 0 saturated carbocycles. The molecule has 1 aromatic carbocycles. The molecular weight excluding hydrogens is 326 g/mol. The number of esters is 1. The number of aromatic nitrogens is 1. The molecule has 0 bridgehead atoms. The van der Waals surface area contributed by atoms with Crippen LogP contribution in [0.5, 0.6) is 17.2 Å². The van der Waals surface area contributed by atoms with Gasteiger partial charge in [0.2, 0.25) is 5.75 Å². The Morgan fingerprint density at radius 1 is 1.08 bits per heavy atom. The Labute approximate surface area is 145 Å². The fraction of sp³-hybridized carbons (Fsp3) is 0.353. The van der Waals surface area contributed by atoms with Crippen molar-refractivity contribution in [1.82, 2.24) is 4.57 Å². The molecule has 25 heavy (non-hydrogen) atoms. The SMILES string of the molecule is CCOC(=O)c1cc2cc(OC)c(OC)c(OC)c2n1C.N#CC#N. The van der Waals surface area contributed by atoms with Crippen LogP contribution in [0.3, 0.4) is 0 Å². The number of carbonyl (C=O) groups excluding carboxylic acids is 1. The van der Waals surface area contributed by atoms with Gasteiger partial charge in [-0.05, 0) is 19.1 Å². The highest BCUT2D eigenvalue weighted by Crippen LogP contribution is 2.44. The highest BCUT2D eigenvalue weighted by Gasteiger charge is 2.22. The van der Waals surface area contributed by atoms with Gasteiger partial charge >= 0.3 is 5.97 Å². The number of hydrogen-bond acceptors (Lipinski definition) is 7. The number of nitriles is 2. The molecule has 0 aliphatic rings. The average Bonchev–Trinajstić information content (AvgIpc) is 2.96. The second kappa shape index (κ2) is 9.04. The molecule has 8 nitrogen and oxygen atoms in total. The van der Waals surface area contributed by atoms with Gasteiger partial charge in [-0.15, -0.1) is 0 Å². The number of benzene rings is 1. The van der Waals surface area contributed by atoms with Crippen LogP contribution in [0, 0.1) is 22.7 Å². The summed E-state index contributed by atoms with van der Waals surface area (Å²) in [6.45, 7) is 2.09. The molecule has 0 N–H and O–H groups in total. The largest absolute Gasteiger partial charge is 0.493 e. The quantitative estimate of drug-likeness (QED) is 0.766. The average molecular weight is 345 g/mol. The number of ether oxygens (including phenoxy) is 4. The Hall–Kier alpha value is -3.39. The van der Waals surface area contributed by atoms with Crippen molar-refractivity contribution in [3.63, 3.8) is 0 Å². The third-order valence-electron chi connectivity index (χ3n) is 3.36. The molecule has 0 spiro atoms. The van der Waals surface area contributed by atoms with Gasteiger partial charge in [0, 0.05) is 12.4 Å². The normalized spacial score (nSPS) is 9.24. The molecule has 1 heterocycles. The van der Waals surface area contributed by atoms with E-state index in [1.165, 1.54) is 12.1 Å². The van der Waals surface area contributed by atoms with Crippen molar-refractivity contribution in [2.45, 2.75) is 6.92 Å². The predicted molar refractivity (Wildman–Crippen MR) is 89.8 cm³/mol. The molecule has 0 atom stereocenters. The van der Waals surface area contributed by atoms with Crippen molar-refractivity contribution in [3.8, 4) is 29.4 Å². The lowest BCUT2D eigenvalue weighted by molar-refractivity contribution is 0.0516. The molecular formula is C17H19N3O5. The summed E-state index contributed by atoms with van der Waals surface area (Å²) in [7, 11) is 6.43. The first-order chi connectivity index (χ1) is 12.0. The van der Waals surface area contributed by atoms with E-state index in [9.17, 15) is 4.79 Å². The van der Waals surface area contributed by atoms with E-state index in [2.05, 4.69) is 0 Å². The van der Waals surface area contributed by atoms with Gasteiger partial charge in [-0.1, -0.05) is 0 Å². The molecule has 1 aromatic heterocycles. The Bertz CT molecular complexity index is 831. The predicted octanol–water partition coefficient (Wildman–Crippen LogP) is 2.41. The van der Waals surface area contributed by atoms with E-state index < -0.39 is 0 Å². The standard InChI is InChI=1S/C15H19NO5.C2N2/c1-6-21-15(17)10-7-9-8-11(18-3)13(19-4)14(20-5)12(9)16(10)2;3-1-2-4/h7-8H,6H2,1-5H3;. The molecule has 0 aliphatic carbocycles. The third-order valence-corrected chi connectivity index (χ3v) is 3.36. The van der Waals surface area contributed by atoms with Crippen LogP contribution in [0.2, 0.25) is 0 Å². The Kier molecular flexibility index (Phi) is 7.11. The molecule has 0 aliphatic heterocycles. The summed E-state index contributed by atoms with van der Waals surface area (Å²) in [5.41, 5.74) is 1.19. The highest BCUT2D eigenvalue weighted by atomic mass is 16.5. The van der Waals surface area contributed by atoms with Crippen LogP contribution in [-0.4, -0.2) is 38.5 Å². The molecule has 132 valence electrons. The van der Waals surface area contributed by atoms with E-state index in [-0.39, 0.29) is 5.97 Å². The maximum Gasteiger partial charge on any atom is 0.354 e. The van der Waals surface area contributed by atoms with Crippen LogP contribution in [0.25, 0.3) is 10.9 Å². The first-order valence-corrected chi connectivity index (χ1v) is 7.24. The summed E-state index contributed by atoms with van der Waals surface area (Å²) in [5, 5.41) is 15.3. The van der Waals surface area contributed by atoms with E-state index in [4.69, 9.17) is 29.5 Å². The van der Waals surface area contributed by atoms with Gasteiger partial charge in [0.05, 0.1) is 33.5 Å². The number of nitrogens with zero attached hydrogens (tertiary/aromatic N) is 3. The first kappa shape index (κ1) is 19.7.